The largest absolute Gasteiger partial charge is 0.371 e. The number of hydrogen-bond acceptors (Lipinski definition) is 1. The average Bonchev–Trinajstić information content (AvgIpc) is 2.44. The van der Waals surface area contributed by atoms with Crippen molar-refractivity contribution < 1.29 is 0 Å². The van der Waals surface area contributed by atoms with Crippen LogP contribution in [0.4, 0.5) is 0 Å². The minimum Gasteiger partial charge on any atom is -0.371 e. The highest BCUT2D eigenvalue weighted by atomic mass is 15.1. The summed E-state index contributed by atoms with van der Waals surface area (Å²) in [6, 6.07) is 0. The maximum Gasteiger partial charge on any atom is 0.0502 e. The van der Waals surface area contributed by atoms with Gasteiger partial charge < -0.3 is 4.90 Å². The van der Waals surface area contributed by atoms with Gasteiger partial charge in [0.15, 0.2) is 0 Å². The van der Waals surface area contributed by atoms with Crippen molar-refractivity contribution >= 4 is 0 Å². The van der Waals surface area contributed by atoms with Crippen LogP contribution >= 0.6 is 0 Å². The number of piperidine rings is 1. The van der Waals surface area contributed by atoms with Crippen LogP contribution in [-0.4, -0.2) is 18.0 Å². The van der Waals surface area contributed by atoms with E-state index in [2.05, 4.69) is 48.8 Å². The lowest BCUT2D eigenvalue weighted by Gasteiger charge is -2.31. The van der Waals surface area contributed by atoms with Crippen LogP contribution in [0.3, 0.4) is 0 Å². The fourth-order valence-corrected chi connectivity index (χ4v) is 1.63. The number of hydrogen-bond donors (Lipinski definition) is 0. The molecule has 1 aliphatic rings. The molecule has 0 amide bonds. The van der Waals surface area contributed by atoms with E-state index in [0.29, 0.717) is 0 Å². The Morgan fingerprint density at radius 3 is 2.11 bits per heavy atom. The summed E-state index contributed by atoms with van der Waals surface area (Å²) in [4.78, 5) is 2.21. The highest BCUT2D eigenvalue weighted by molar-refractivity contribution is 5.45. The Morgan fingerprint density at radius 2 is 1.72 bits per heavy atom. The molecule has 100 valence electrons. The van der Waals surface area contributed by atoms with Crippen LogP contribution in [0.2, 0.25) is 0 Å². The SMILES string of the molecule is C=C=C=C1CCN(CC)C(=C)C1=C=C.CC.CC. The Labute approximate surface area is 113 Å². The average molecular weight is 245 g/mol. The maximum atomic E-state index is 4.03. The minimum absolute atomic E-state index is 0.938. The molecule has 0 N–H and O–H groups in total. The standard InChI is InChI=1S/C13H15N.2C2H6/c1-5-8-12-9-10-14(7-3)11(4)13(12)6-2;2*1-2/h1-2,4,7,9-10H2,3H3;2*1-2H3. The van der Waals surface area contributed by atoms with Gasteiger partial charge in [0.1, 0.15) is 0 Å². The van der Waals surface area contributed by atoms with Gasteiger partial charge in [-0.15, -0.1) is 5.73 Å². The van der Waals surface area contributed by atoms with Gasteiger partial charge in [0.05, 0.1) is 5.57 Å². The van der Waals surface area contributed by atoms with E-state index in [-0.39, 0.29) is 0 Å². The molecule has 1 heteroatoms. The summed E-state index contributed by atoms with van der Waals surface area (Å²) in [7, 11) is 0. The summed E-state index contributed by atoms with van der Waals surface area (Å²) >= 11 is 0. The number of likely N-dealkylation sites (tertiary alicyclic amines) is 1. The highest BCUT2D eigenvalue weighted by Crippen LogP contribution is 2.27. The number of allylic oxidation sites excluding steroid dienone is 1. The van der Waals surface area contributed by atoms with Crippen molar-refractivity contribution in [2.75, 3.05) is 13.1 Å². The normalized spacial score (nSPS) is 13.2. The van der Waals surface area contributed by atoms with Gasteiger partial charge in [-0.05, 0) is 19.9 Å². The van der Waals surface area contributed by atoms with Crippen molar-refractivity contribution in [2.45, 2.75) is 41.0 Å². The molecule has 0 bridgehead atoms. The minimum atomic E-state index is 0.938. The first kappa shape index (κ1) is 18.7. The Morgan fingerprint density at radius 1 is 1.17 bits per heavy atom. The quantitative estimate of drug-likeness (QED) is 0.597. The topological polar surface area (TPSA) is 3.24 Å². The van der Waals surface area contributed by atoms with Crippen molar-refractivity contribution in [2.24, 2.45) is 0 Å². The summed E-state index contributed by atoms with van der Waals surface area (Å²) in [5, 5.41) is 0. The van der Waals surface area contributed by atoms with Gasteiger partial charge in [-0.25, -0.2) is 0 Å². The van der Waals surface area contributed by atoms with Crippen molar-refractivity contribution in [3.05, 3.63) is 53.8 Å². The van der Waals surface area contributed by atoms with E-state index >= 15 is 0 Å². The molecule has 1 nitrogen and oxygen atoms in total. The molecular formula is C17H27N. The van der Waals surface area contributed by atoms with Gasteiger partial charge in [-0.2, -0.15) is 0 Å². The molecule has 1 aliphatic heterocycles. The van der Waals surface area contributed by atoms with E-state index in [1.54, 1.807) is 0 Å². The van der Waals surface area contributed by atoms with Crippen LogP contribution in [0.15, 0.2) is 53.8 Å². The molecular weight excluding hydrogens is 218 g/mol. The molecule has 0 aromatic rings. The first-order valence-corrected chi connectivity index (χ1v) is 6.73. The fraction of sp³-hybridized carbons (Fsp3) is 0.471. The molecule has 1 fully saturated rings. The lowest BCUT2D eigenvalue weighted by molar-refractivity contribution is 0.360. The van der Waals surface area contributed by atoms with Crippen LogP contribution in [-0.2, 0) is 0 Å². The second-order valence-electron chi connectivity index (χ2n) is 3.11. The molecule has 18 heavy (non-hydrogen) atoms. The summed E-state index contributed by atoms with van der Waals surface area (Å²) in [6.45, 7) is 23.3. The zero-order valence-electron chi connectivity index (χ0n) is 12.7. The summed E-state index contributed by atoms with van der Waals surface area (Å²) in [5.74, 6) is 0. The van der Waals surface area contributed by atoms with Crippen LogP contribution in [0.25, 0.3) is 0 Å². The van der Waals surface area contributed by atoms with Gasteiger partial charge >= 0.3 is 0 Å². The predicted octanol–water partition coefficient (Wildman–Crippen LogP) is 4.86. The molecule has 1 saturated heterocycles. The fourth-order valence-electron chi connectivity index (χ4n) is 1.63. The van der Waals surface area contributed by atoms with Crippen LogP contribution in [0.1, 0.15) is 41.0 Å². The van der Waals surface area contributed by atoms with Crippen molar-refractivity contribution in [3.8, 4) is 0 Å². The second-order valence-corrected chi connectivity index (χ2v) is 3.11. The van der Waals surface area contributed by atoms with Crippen molar-refractivity contribution in [3.63, 3.8) is 0 Å². The third-order valence-electron chi connectivity index (χ3n) is 2.40. The molecule has 0 radical (unpaired) electrons. The maximum absolute atomic E-state index is 4.03. The van der Waals surface area contributed by atoms with Gasteiger partial charge in [0.2, 0.25) is 0 Å². The van der Waals surface area contributed by atoms with Gasteiger partial charge in [0, 0.05) is 24.4 Å². The van der Waals surface area contributed by atoms with E-state index in [0.717, 1.165) is 36.4 Å². The first-order valence-electron chi connectivity index (χ1n) is 6.73. The highest BCUT2D eigenvalue weighted by Gasteiger charge is 2.19. The summed E-state index contributed by atoms with van der Waals surface area (Å²) in [6.07, 6.45) is 0.938. The molecule has 0 aromatic heterocycles. The molecule has 0 aromatic carbocycles. The molecule has 1 rings (SSSR count). The lowest BCUT2D eigenvalue weighted by Crippen LogP contribution is -2.29. The van der Waals surface area contributed by atoms with Crippen molar-refractivity contribution in [1.29, 1.82) is 0 Å². The van der Waals surface area contributed by atoms with Gasteiger partial charge in [0.25, 0.3) is 0 Å². The monoisotopic (exact) mass is 245 g/mol. The Balaban J connectivity index is 0. The van der Waals surface area contributed by atoms with E-state index in [1.165, 1.54) is 0 Å². The molecule has 0 atom stereocenters. The third kappa shape index (κ3) is 5.13. The number of likely N-dealkylation sites (N-methyl/N-ethyl adjacent to an activating group) is 1. The van der Waals surface area contributed by atoms with E-state index in [1.807, 2.05) is 27.7 Å². The van der Waals surface area contributed by atoms with Crippen molar-refractivity contribution in [1.82, 2.24) is 4.90 Å². The number of rotatable bonds is 1. The predicted molar refractivity (Wildman–Crippen MR) is 82.5 cm³/mol. The van der Waals surface area contributed by atoms with Crippen LogP contribution in [0.5, 0.6) is 0 Å². The smallest absolute Gasteiger partial charge is 0.0502 e. The Kier molecular flexibility index (Phi) is 12.3. The summed E-state index contributed by atoms with van der Waals surface area (Å²) in [5.41, 5.74) is 11.6. The molecule has 0 aliphatic carbocycles. The molecule has 0 saturated carbocycles. The number of nitrogens with zero attached hydrogens (tertiary/aromatic N) is 1. The van der Waals surface area contributed by atoms with Crippen LogP contribution in [0, 0.1) is 0 Å². The zero-order chi connectivity index (χ0) is 14.6. The van der Waals surface area contributed by atoms with Gasteiger partial charge in [-0.1, -0.05) is 52.3 Å². The molecule has 0 unspecified atom stereocenters. The van der Waals surface area contributed by atoms with E-state index in [9.17, 15) is 0 Å². The van der Waals surface area contributed by atoms with E-state index in [4.69, 9.17) is 0 Å². The Bertz CT molecular complexity index is 382. The van der Waals surface area contributed by atoms with Gasteiger partial charge in [-0.3, -0.25) is 0 Å². The molecule has 0 spiro atoms. The molecule has 1 heterocycles. The lowest BCUT2D eigenvalue weighted by atomic mass is 9.96. The third-order valence-corrected chi connectivity index (χ3v) is 2.40. The first-order chi connectivity index (χ1) is 8.74. The second kappa shape index (κ2) is 11.8. The zero-order valence-corrected chi connectivity index (χ0v) is 12.7. The summed E-state index contributed by atoms with van der Waals surface area (Å²) < 4.78 is 0. The Hall–Kier alpha value is -1.64. The van der Waals surface area contributed by atoms with Crippen LogP contribution < -0.4 is 0 Å². The van der Waals surface area contributed by atoms with E-state index < -0.39 is 0 Å².